The van der Waals surface area contributed by atoms with E-state index in [1.165, 1.54) is 12.4 Å². The van der Waals surface area contributed by atoms with Crippen molar-refractivity contribution in [3.05, 3.63) is 63.1 Å². The van der Waals surface area contributed by atoms with Gasteiger partial charge >= 0.3 is 0 Å². The maximum absolute atomic E-state index is 13.2. The number of fused-ring (bicyclic) bond motifs is 1. The topological polar surface area (TPSA) is 68.9 Å². The summed E-state index contributed by atoms with van der Waals surface area (Å²) >= 11 is 6.32. The number of hydrogen-bond donors (Lipinski definition) is 1. The van der Waals surface area contributed by atoms with Crippen LogP contribution in [0.2, 0.25) is 0 Å². The molecule has 6 nitrogen and oxygen atoms in total. The van der Waals surface area contributed by atoms with E-state index in [1.807, 2.05) is 0 Å². The van der Waals surface area contributed by atoms with E-state index >= 15 is 0 Å². The highest BCUT2D eigenvalue weighted by Crippen LogP contribution is 2.18. The first-order valence-corrected chi connectivity index (χ1v) is 8.57. The van der Waals surface area contributed by atoms with E-state index in [0.29, 0.717) is 20.8 Å². The number of amides is 1. The molecule has 3 aromatic rings. The average molecular weight is 394 g/mol. The number of nitrogens with one attached hydrogen (secondary N) is 1. The molecule has 0 unspecified atom stereocenters. The number of allylic oxidation sites excluding steroid dienone is 1. The standard InChI is InChI=1S/C16H12F2N4O2S2/c1-2-5-22-14-13(26-16(22)25)15(24)21(8-19-14)7-12(23)20-9-3-4-10(17)11(18)6-9/h2-4,6,8H,1,5,7H2,(H,20,23). The Balaban J connectivity index is 1.86. The van der Waals surface area contributed by atoms with Gasteiger partial charge in [-0.05, 0) is 24.4 Å². The summed E-state index contributed by atoms with van der Waals surface area (Å²) in [5, 5.41) is 2.40. The minimum absolute atomic E-state index is 0.0868. The van der Waals surface area contributed by atoms with Gasteiger partial charge in [0.25, 0.3) is 5.56 Å². The van der Waals surface area contributed by atoms with Gasteiger partial charge in [0.2, 0.25) is 5.91 Å². The number of anilines is 1. The van der Waals surface area contributed by atoms with Crippen LogP contribution >= 0.6 is 23.6 Å². The number of carbonyl (C=O) groups is 1. The number of nitrogens with zero attached hydrogens (tertiary/aromatic N) is 3. The minimum atomic E-state index is -1.08. The van der Waals surface area contributed by atoms with Crippen LogP contribution in [0.1, 0.15) is 0 Å². The lowest BCUT2D eigenvalue weighted by Gasteiger charge is -2.08. The first-order chi connectivity index (χ1) is 12.4. The molecular weight excluding hydrogens is 382 g/mol. The number of hydrogen-bond acceptors (Lipinski definition) is 5. The van der Waals surface area contributed by atoms with Crippen molar-refractivity contribution in [3.63, 3.8) is 0 Å². The summed E-state index contributed by atoms with van der Waals surface area (Å²) in [4.78, 5) is 28.8. The lowest BCUT2D eigenvalue weighted by atomic mass is 10.3. The second-order valence-electron chi connectivity index (χ2n) is 5.27. The van der Waals surface area contributed by atoms with E-state index in [4.69, 9.17) is 12.2 Å². The molecule has 2 heterocycles. The molecule has 0 atom stereocenters. The Bertz CT molecular complexity index is 1130. The SMILES string of the molecule is C=CCn1c(=S)sc2c(=O)n(CC(=O)Nc3ccc(F)c(F)c3)cnc21. The third-order valence-corrected chi connectivity index (χ3v) is 4.90. The van der Waals surface area contributed by atoms with Crippen LogP contribution in [0.4, 0.5) is 14.5 Å². The molecular formula is C16H12F2N4O2S2. The Labute approximate surface area is 155 Å². The number of benzene rings is 1. The highest BCUT2D eigenvalue weighted by atomic mass is 32.1. The molecule has 1 N–H and O–H groups in total. The first-order valence-electron chi connectivity index (χ1n) is 7.35. The molecule has 0 aliphatic heterocycles. The van der Waals surface area contributed by atoms with Crippen LogP contribution in [0, 0.1) is 15.6 Å². The Hall–Kier alpha value is -2.72. The summed E-state index contributed by atoms with van der Waals surface area (Å²) in [7, 11) is 0. The van der Waals surface area contributed by atoms with Crippen molar-refractivity contribution in [2.75, 3.05) is 5.32 Å². The molecule has 1 aromatic carbocycles. The largest absolute Gasteiger partial charge is 0.324 e. The Morgan fingerprint density at radius 1 is 1.38 bits per heavy atom. The zero-order valence-electron chi connectivity index (χ0n) is 13.2. The number of carbonyl (C=O) groups excluding carboxylic acids is 1. The Kier molecular flexibility index (Phi) is 5.05. The summed E-state index contributed by atoms with van der Waals surface area (Å²) in [6.07, 6.45) is 2.89. The molecule has 0 saturated heterocycles. The van der Waals surface area contributed by atoms with Crippen LogP contribution in [0.5, 0.6) is 0 Å². The van der Waals surface area contributed by atoms with Crippen molar-refractivity contribution in [1.82, 2.24) is 14.1 Å². The summed E-state index contributed by atoms with van der Waals surface area (Å²) in [5.74, 6) is -2.67. The van der Waals surface area contributed by atoms with Crippen molar-refractivity contribution in [3.8, 4) is 0 Å². The van der Waals surface area contributed by atoms with Gasteiger partial charge in [-0.3, -0.25) is 14.2 Å². The molecule has 0 aliphatic carbocycles. The third kappa shape index (κ3) is 3.46. The van der Waals surface area contributed by atoms with E-state index in [-0.39, 0.29) is 12.2 Å². The molecule has 0 spiro atoms. The second kappa shape index (κ2) is 7.26. The van der Waals surface area contributed by atoms with Gasteiger partial charge in [0.15, 0.2) is 21.2 Å². The monoisotopic (exact) mass is 394 g/mol. The van der Waals surface area contributed by atoms with Crippen molar-refractivity contribution < 1.29 is 13.6 Å². The van der Waals surface area contributed by atoms with E-state index in [9.17, 15) is 18.4 Å². The molecule has 0 fully saturated rings. The number of aromatic nitrogens is 3. The molecule has 1 amide bonds. The Morgan fingerprint density at radius 2 is 2.15 bits per heavy atom. The maximum atomic E-state index is 13.2. The summed E-state index contributed by atoms with van der Waals surface area (Å²) in [6.45, 7) is 3.73. The molecule has 0 radical (unpaired) electrons. The minimum Gasteiger partial charge on any atom is -0.324 e. The van der Waals surface area contributed by atoms with Gasteiger partial charge < -0.3 is 9.88 Å². The average Bonchev–Trinajstić information content (AvgIpc) is 2.91. The van der Waals surface area contributed by atoms with Crippen molar-refractivity contribution in [2.24, 2.45) is 0 Å². The number of rotatable bonds is 5. The van der Waals surface area contributed by atoms with Gasteiger partial charge in [0.1, 0.15) is 17.6 Å². The number of thiazole rings is 1. The van der Waals surface area contributed by atoms with Gasteiger partial charge in [-0.1, -0.05) is 17.4 Å². The molecule has 10 heteroatoms. The highest BCUT2D eigenvalue weighted by Gasteiger charge is 2.14. The summed E-state index contributed by atoms with van der Waals surface area (Å²) in [5.41, 5.74) is 0.111. The van der Waals surface area contributed by atoms with E-state index in [1.54, 1.807) is 10.6 Å². The van der Waals surface area contributed by atoms with E-state index < -0.39 is 23.1 Å². The molecule has 3 rings (SSSR count). The van der Waals surface area contributed by atoms with Gasteiger partial charge in [-0.2, -0.15) is 0 Å². The molecule has 2 aromatic heterocycles. The van der Waals surface area contributed by atoms with Crippen LogP contribution < -0.4 is 10.9 Å². The smallest absolute Gasteiger partial charge is 0.273 e. The highest BCUT2D eigenvalue weighted by molar-refractivity contribution is 7.73. The number of halogens is 2. The van der Waals surface area contributed by atoms with Crippen LogP contribution in [-0.2, 0) is 17.9 Å². The molecule has 0 aliphatic rings. The van der Waals surface area contributed by atoms with Crippen LogP contribution in [0.25, 0.3) is 10.3 Å². The van der Waals surface area contributed by atoms with Gasteiger partial charge in [-0.25, -0.2) is 13.8 Å². The normalized spacial score (nSPS) is 10.8. The van der Waals surface area contributed by atoms with Gasteiger partial charge in [-0.15, -0.1) is 6.58 Å². The van der Waals surface area contributed by atoms with E-state index in [2.05, 4.69) is 16.9 Å². The second-order valence-corrected chi connectivity index (χ2v) is 6.92. The van der Waals surface area contributed by atoms with E-state index in [0.717, 1.165) is 28.0 Å². The third-order valence-electron chi connectivity index (χ3n) is 3.47. The predicted octanol–water partition coefficient (Wildman–Crippen LogP) is 3.09. The van der Waals surface area contributed by atoms with Gasteiger partial charge in [0, 0.05) is 18.3 Å². The summed E-state index contributed by atoms with van der Waals surface area (Å²) < 4.78 is 29.7. The van der Waals surface area contributed by atoms with Crippen LogP contribution in [0.3, 0.4) is 0 Å². The van der Waals surface area contributed by atoms with Crippen molar-refractivity contribution in [1.29, 1.82) is 0 Å². The fourth-order valence-electron chi connectivity index (χ4n) is 2.30. The van der Waals surface area contributed by atoms with Gasteiger partial charge in [0.05, 0.1) is 0 Å². The molecule has 0 bridgehead atoms. The zero-order valence-corrected chi connectivity index (χ0v) is 14.9. The summed E-state index contributed by atoms with van der Waals surface area (Å²) in [6, 6.07) is 2.99. The molecule has 26 heavy (non-hydrogen) atoms. The van der Waals surface area contributed by atoms with Crippen molar-refractivity contribution in [2.45, 2.75) is 13.1 Å². The maximum Gasteiger partial charge on any atom is 0.273 e. The van der Waals surface area contributed by atoms with Crippen molar-refractivity contribution >= 4 is 45.5 Å². The Morgan fingerprint density at radius 3 is 2.85 bits per heavy atom. The quantitative estimate of drug-likeness (QED) is 0.533. The first kappa shape index (κ1) is 18.1. The zero-order chi connectivity index (χ0) is 18.8. The molecule has 134 valence electrons. The fraction of sp³-hybridized carbons (Fsp3) is 0.125. The fourth-order valence-corrected chi connectivity index (χ4v) is 3.62. The lowest BCUT2D eigenvalue weighted by Crippen LogP contribution is -2.27. The predicted molar refractivity (Wildman–Crippen MR) is 97.9 cm³/mol. The van der Waals surface area contributed by atoms with Crippen LogP contribution in [0.15, 0.2) is 42.0 Å². The lowest BCUT2D eigenvalue weighted by molar-refractivity contribution is -0.116. The molecule has 0 saturated carbocycles. The van der Waals surface area contributed by atoms with Crippen LogP contribution in [-0.4, -0.2) is 20.0 Å².